The quantitative estimate of drug-likeness (QED) is 0.653. The molecule has 1 N–H and O–H groups in total. The number of alkyl halides is 1. The predicted molar refractivity (Wildman–Crippen MR) is 46.3 cm³/mol. The maximum Gasteiger partial charge on any atom is 0.0658 e. The van der Waals surface area contributed by atoms with Gasteiger partial charge in [0.05, 0.1) is 5.60 Å². The summed E-state index contributed by atoms with van der Waals surface area (Å²) in [5, 5.41) is 9.73. The third-order valence-electron chi connectivity index (χ3n) is 3.17. The Labute approximate surface area is 70.9 Å². The number of halogens is 1. The zero-order valence-electron chi connectivity index (χ0n) is 6.98. The van der Waals surface area contributed by atoms with E-state index in [2.05, 4.69) is 29.8 Å². The highest BCUT2D eigenvalue weighted by Crippen LogP contribution is 2.62. The maximum atomic E-state index is 9.73. The van der Waals surface area contributed by atoms with Gasteiger partial charge in [0.2, 0.25) is 0 Å². The molecule has 0 aliphatic heterocycles. The number of rotatable bonds is 1. The molecule has 0 radical (unpaired) electrons. The summed E-state index contributed by atoms with van der Waals surface area (Å²) in [7, 11) is 0. The first kappa shape index (κ1) is 8.54. The monoisotopic (exact) mass is 206 g/mol. The van der Waals surface area contributed by atoms with Gasteiger partial charge in [0, 0.05) is 10.2 Å². The fraction of sp³-hybridized carbons (Fsp3) is 1.00. The molecule has 0 unspecified atom stereocenters. The standard InChI is InChI=1S/C8H15BrO/c1-5-6(9)8(5,4)7(2,3)10/h5-6,10H,1-4H3/t5-,6+,8+/m0/s1. The van der Waals surface area contributed by atoms with Crippen LogP contribution in [0.25, 0.3) is 0 Å². The molecule has 1 aliphatic carbocycles. The Kier molecular flexibility index (Phi) is 1.69. The molecule has 1 aliphatic rings. The molecule has 60 valence electrons. The Morgan fingerprint density at radius 2 is 1.80 bits per heavy atom. The highest BCUT2D eigenvalue weighted by atomic mass is 79.9. The average Bonchev–Trinajstić information content (AvgIpc) is 2.19. The van der Waals surface area contributed by atoms with E-state index in [1.165, 1.54) is 0 Å². The molecule has 1 fully saturated rings. The second-order valence-electron chi connectivity index (χ2n) is 4.03. The topological polar surface area (TPSA) is 20.2 Å². The highest BCUT2D eigenvalue weighted by Gasteiger charge is 2.64. The minimum atomic E-state index is -0.555. The molecule has 1 rings (SSSR count). The normalized spacial score (nSPS) is 47.4. The van der Waals surface area contributed by atoms with Gasteiger partial charge in [0.15, 0.2) is 0 Å². The lowest BCUT2D eigenvalue weighted by molar-refractivity contribution is 0.00522. The van der Waals surface area contributed by atoms with E-state index < -0.39 is 5.60 Å². The van der Waals surface area contributed by atoms with E-state index >= 15 is 0 Å². The Bertz CT molecular complexity index is 140. The lowest BCUT2D eigenvalue weighted by Gasteiger charge is -2.26. The summed E-state index contributed by atoms with van der Waals surface area (Å²) < 4.78 is 0. The van der Waals surface area contributed by atoms with Gasteiger partial charge in [-0.2, -0.15) is 0 Å². The molecule has 1 nitrogen and oxygen atoms in total. The van der Waals surface area contributed by atoms with Crippen molar-refractivity contribution in [2.75, 3.05) is 0 Å². The molecule has 2 heteroatoms. The van der Waals surface area contributed by atoms with Crippen molar-refractivity contribution in [3.8, 4) is 0 Å². The molecule has 1 saturated carbocycles. The van der Waals surface area contributed by atoms with E-state index in [1.54, 1.807) is 0 Å². The molecule has 0 heterocycles. The first-order valence-electron chi connectivity index (χ1n) is 3.68. The van der Waals surface area contributed by atoms with Crippen molar-refractivity contribution in [2.45, 2.75) is 38.1 Å². The molecular formula is C8H15BrO. The van der Waals surface area contributed by atoms with Gasteiger partial charge >= 0.3 is 0 Å². The summed E-state index contributed by atoms with van der Waals surface area (Å²) in [6.45, 7) is 8.05. The Morgan fingerprint density at radius 1 is 1.50 bits per heavy atom. The van der Waals surface area contributed by atoms with Gasteiger partial charge in [0.25, 0.3) is 0 Å². The highest BCUT2D eigenvalue weighted by molar-refractivity contribution is 9.09. The first-order chi connectivity index (χ1) is 4.32. The second kappa shape index (κ2) is 1.98. The second-order valence-corrected chi connectivity index (χ2v) is 5.02. The molecule has 0 aromatic heterocycles. The molecule has 0 amide bonds. The SMILES string of the molecule is C[C@H]1[C@@H](Br)[C@]1(C)C(C)(C)O. The molecule has 0 spiro atoms. The van der Waals surface area contributed by atoms with Crippen molar-refractivity contribution >= 4 is 15.9 Å². The summed E-state index contributed by atoms with van der Waals surface area (Å²) in [5.41, 5.74) is -0.479. The Balaban J connectivity index is 2.75. The zero-order chi connectivity index (χ0) is 8.15. The summed E-state index contributed by atoms with van der Waals surface area (Å²) in [6.07, 6.45) is 0. The zero-order valence-corrected chi connectivity index (χ0v) is 8.57. The van der Waals surface area contributed by atoms with Crippen LogP contribution in [0.4, 0.5) is 0 Å². The largest absolute Gasteiger partial charge is 0.390 e. The third-order valence-corrected chi connectivity index (χ3v) is 4.91. The van der Waals surface area contributed by atoms with Crippen LogP contribution >= 0.6 is 15.9 Å². The minimum absolute atomic E-state index is 0.0764. The van der Waals surface area contributed by atoms with E-state index in [9.17, 15) is 5.11 Å². The van der Waals surface area contributed by atoms with E-state index in [-0.39, 0.29) is 5.41 Å². The van der Waals surface area contributed by atoms with Gasteiger partial charge in [0.1, 0.15) is 0 Å². The van der Waals surface area contributed by atoms with E-state index in [1.807, 2.05) is 13.8 Å². The van der Waals surface area contributed by atoms with Crippen molar-refractivity contribution in [2.24, 2.45) is 11.3 Å². The van der Waals surface area contributed by atoms with Crippen LogP contribution in [0.15, 0.2) is 0 Å². The van der Waals surface area contributed by atoms with Crippen LogP contribution in [0.5, 0.6) is 0 Å². The van der Waals surface area contributed by atoms with Crippen molar-refractivity contribution in [1.29, 1.82) is 0 Å². The number of hydrogen-bond donors (Lipinski definition) is 1. The molecule has 0 aromatic rings. The van der Waals surface area contributed by atoms with Crippen LogP contribution in [-0.4, -0.2) is 15.5 Å². The van der Waals surface area contributed by atoms with Crippen LogP contribution in [0, 0.1) is 11.3 Å². The van der Waals surface area contributed by atoms with Crippen molar-refractivity contribution in [3.63, 3.8) is 0 Å². The predicted octanol–water partition coefficient (Wildman–Crippen LogP) is 2.18. The van der Waals surface area contributed by atoms with Crippen molar-refractivity contribution in [1.82, 2.24) is 0 Å². The molecule has 10 heavy (non-hydrogen) atoms. The van der Waals surface area contributed by atoms with Gasteiger partial charge in [-0.05, 0) is 19.8 Å². The van der Waals surface area contributed by atoms with Crippen molar-refractivity contribution < 1.29 is 5.11 Å². The summed E-state index contributed by atoms with van der Waals surface area (Å²) in [6, 6.07) is 0. The lowest BCUT2D eigenvalue weighted by atomic mass is 9.88. The minimum Gasteiger partial charge on any atom is -0.390 e. The molecule has 0 aromatic carbocycles. The fourth-order valence-corrected chi connectivity index (χ4v) is 2.93. The lowest BCUT2D eigenvalue weighted by Crippen LogP contribution is -2.32. The van der Waals surface area contributed by atoms with Crippen LogP contribution in [-0.2, 0) is 0 Å². The Hall–Kier alpha value is 0.440. The first-order valence-corrected chi connectivity index (χ1v) is 4.60. The van der Waals surface area contributed by atoms with Gasteiger partial charge < -0.3 is 5.11 Å². The molecular weight excluding hydrogens is 192 g/mol. The van der Waals surface area contributed by atoms with Crippen LogP contribution in [0.3, 0.4) is 0 Å². The smallest absolute Gasteiger partial charge is 0.0658 e. The molecule has 0 saturated heterocycles. The average molecular weight is 207 g/mol. The van der Waals surface area contributed by atoms with E-state index in [4.69, 9.17) is 0 Å². The van der Waals surface area contributed by atoms with Gasteiger partial charge in [-0.3, -0.25) is 0 Å². The van der Waals surface area contributed by atoms with Gasteiger partial charge in [-0.15, -0.1) is 0 Å². The number of aliphatic hydroxyl groups is 1. The summed E-state index contributed by atoms with van der Waals surface area (Å²) >= 11 is 3.55. The molecule has 3 atom stereocenters. The third kappa shape index (κ3) is 0.850. The fourth-order valence-electron chi connectivity index (χ4n) is 1.56. The Morgan fingerprint density at radius 3 is 1.80 bits per heavy atom. The van der Waals surface area contributed by atoms with Crippen molar-refractivity contribution in [3.05, 3.63) is 0 Å². The van der Waals surface area contributed by atoms with Gasteiger partial charge in [-0.1, -0.05) is 29.8 Å². The summed E-state index contributed by atoms with van der Waals surface area (Å²) in [4.78, 5) is 0.486. The molecule has 0 bridgehead atoms. The van der Waals surface area contributed by atoms with Crippen LogP contribution in [0.1, 0.15) is 27.7 Å². The van der Waals surface area contributed by atoms with E-state index in [0.717, 1.165) is 0 Å². The number of hydrogen-bond acceptors (Lipinski definition) is 1. The van der Waals surface area contributed by atoms with Crippen LogP contribution < -0.4 is 0 Å². The van der Waals surface area contributed by atoms with Crippen LogP contribution in [0.2, 0.25) is 0 Å². The maximum absolute atomic E-state index is 9.73. The van der Waals surface area contributed by atoms with E-state index in [0.29, 0.717) is 10.7 Å². The summed E-state index contributed by atoms with van der Waals surface area (Å²) in [5.74, 6) is 0.590. The van der Waals surface area contributed by atoms with Gasteiger partial charge in [-0.25, -0.2) is 0 Å².